The third-order valence-corrected chi connectivity index (χ3v) is 4.37. The molecule has 1 aliphatic carbocycles. The maximum Gasteiger partial charge on any atom is 0.471 e. The second-order valence-electron chi connectivity index (χ2n) is 6.58. The minimum atomic E-state index is -4.68. The van der Waals surface area contributed by atoms with Crippen LogP contribution in [0.25, 0.3) is 22.8 Å². The summed E-state index contributed by atoms with van der Waals surface area (Å²) in [4.78, 5) is 14.2. The fourth-order valence-electron chi connectivity index (χ4n) is 2.72. The minimum absolute atomic E-state index is 0.147. The first-order valence-electron chi connectivity index (χ1n) is 8.45. The van der Waals surface area contributed by atoms with Crippen molar-refractivity contribution in [2.75, 3.05) is 18.5 Å². The number of nitrogens with zero attached hydrogens (tertiary/aromatic N) is 5. The molecular weight excluding hydrogens is 359 g/mol. The first kappa shape index (κ1) is 17.4. The fraction of sp³-hybridized carbons (Fsp3) is 0.333. The van der Waals surface area contributed by atoms with E-state index in [1.807, 2.05) is 19.2 Å². The number of rotatable bonds is 5. The predicted octanol–water partition coefficient (Wildman–Crippen LogP) is 4.06. The molecule has 1 saturated carbocycles. The molecule has 3 aromatic heterocycles. The Balaban J connectivity index is 1.56. The summed E-state index contributed by atoms with van der Waals surface area (Å²) in [5.41, 5.74) is 2.51. The van der Waals surface area contributed by atoms with Gasteiger partial charge in [-0.3, -0.25) is 9.97 Å². The molecule has 0 atom stereocenters. The van der Waals surface area contributed by atoms with Gasteiger partial charge in [0.2, 0.25) is 5.82 Å². The third-order valence-electron chi connectivity index (χ3n) is 4.37. The van der Waals surface area contributed by atoms with Crippen LogP contribution >= 0.6 is 0 Å². The van der Waals surface area contributed by atoms with Crippen molar-refractivity contribution in [3.05, 3.63) is 42.5 Å². The number of halogens is 3. The Morgan fingerprint density at radius 2 is 1.96 bits per heavy atom. The van der Waals surface area contributed by atoms with E-state index in [-0.39, 0.29) is 5.82 Å². The summed E-state index contributed by atoms with van der Waals surface area (Å²) in [5.74, 6) is -0.756. The van der Waals surface area contributed by atoms with E-state index in [4.69, 9.17) is 0 Å². The standard InChI is InChI=1S/C18H16F3N5O/c1-26(10-11-2-3-11)13-4-5-14(23-9-13)15-8-12(6-7-22-15)16-24-17(27-25-16)18(19,20)21/h4-9,11H,2-3,10H2,1H3. The molecule has 4 rings (SSSR count). The number of anilines is 1. The molecule has 0 spiro atoms. The Bertz CT molecular complexity index is 935. The van der Waals surface area contributed by atoms with Gasteiger partial charge in [-0.05, 0) is 43.0 Å². The van der Waals surface area contributed by atoms with E-state index in [0.717, 1.165) is 18.2 Å². The molecule has 0 N–H and O–H groups in total. The van der Waals surface area contributed by atoms with Crippen molar-refractivity contribution in [2.24, 2.45) is 5.92 Å². The van der Waals surface area contributed by atoms with Gasteiger partial charge in [0.25, 0.3) is 0 Å². The molecule has 3 aromatic rings. The van der Waals surface area contributed by atoms with Crippen LogP contribution in [-0.2, 0) is 6.18 Å². The van der Waals surface area contributed by atoms with E-state index in [1.54, 1.807) is 12.3 Å². The molecule has 140 valence electrons. The lowest BCUT2D eigenvalue weighted by Gasteiger charge is -2.18. The average Bonchev–Trinajstić information content (AvgIpc) is 3.31. The van der Waals surface area contributed by atoms with Gasteiger partial charge in [0.05, 0.1) is 23.3 Å². The van der Waals surface area contributed by atoms with Crippen LogP contribution in [0.2, 0.25) is 0 Å². The molecule has 6 nitrogen and oxygen atoms in total. The summed E-state index contributed by atoms with van der Waals surface area (Å²) in [7, 11) is 2.03. The lowest BCUT2D eigenvalue weighted by Crippen LogP contribution is -2.19. The minimum Gasteiger partial charge on any atom is -0.373 e. The normalized spacial score (nSPS) is 14.4. The zero-order chi connectivity index (χ0) is 19.0. The van der Waals surface area contributed by atoms with E-state index in [9.17, 15) is 13.2 Å². The SMILES string of the molecule is CN(CC1CC1)c1ccc(-c2cc(-c3noc(C(F)(F)F)n3)ccn2)nc1. The van der Waals surface area contributed by atoms with E-state index in [1.165, 1.54) is 25.1 Å². The second-order valence-corrected chi connectivity index (χ2v) is 6.58. The van der Waals surface area contributed by atoms with Gasteiger partial charge in [0, 0.05) is 25.4 Å². The molecular formula is C18H16F3N5O. The summed E-state index contributed by atoms with van der Waals surface area (Å²) in [6, 6.07) is 6.89. The zero-order valence-electron chi connectivity index (χ0n) is 14.4. The first-order valence-corrected chi connectivity index (χ1v) is 8.45. The predicted molar refractivity (Wildman–Crippen MR) is 91.8 cm³/mol. The molecule has 1 aliphatic rings. The van der Waals surface area contributed by atoms with Crippen LogP contribution in [0.5, 0.6) is 0 Å². The van der Waals surface area contributed by atoms with Gasteiger partial charge in [-0.1, -0.05) is 5.16 Å². The maximum atomic E-state index is 12.6. The molecule has 0 aromatic carbocycles. The monoisotopic (exact) mass is 375 g/mol. The topological polar surface area (TPSA) is 67.9 Å². The Morgan fingerprint density at radius 3 is 2.59 bits per heavy atom. The zero-order valence-corrected chi connectivity index (χ0v) is 14.4. The van der Waals surface area contributed by atoms with Gasteiger partial charge < -0.3 is 9.42 Å². The molecule has 1 fully saturated rings. The summed E-state index contributed by atoms with van der Waals surface area (Å²) < 4.78 is 42.2. The Morgan fingerprint density at radius 1 is 1.15 bits per heavy atom. The Hall–Kier alpha value is -2.97. The van der Waals surface area contributed by atoms with Crippen molar-refractivity contribution in [1.82, 2.24) is 20.1 Å². The Kier molecular flexibility index (Phi) is 4.29. The summed E-state index contributed by atoms with van der Waals surface area (Å²) >= 11 is 0. The van der Waals surface area contributed by atoms with Crippen molar-refractivity contribution in [2.45, 2.75) is 19.0 Å². The number of hydrogen-bond acceptors (Lipinski definition) is 6. The Labute approximate surface area is 153 Å². The molecule has 0 radical (unpaired) electrons. The highest BCUT2D eigenvalue weighted by molar-refractivity contribution is 5.65. The van der Waals surface area contributed by atoms with Crippen LogP contribution in [0.1, 0.15) is 18.7 Å². The second kappa shape index (κ2) is 6.64. The van der Waals surface area contributed by atoms with Crippen molar-refractivity contribution in [1.29, 1.82) is 0 Å². The summed E-state index contributed by atoms with van der Waals surface area (Å²) in [6.45, 7) is 1.01. The third kappa shape index (κ3) is 3.91. The molecule has 3 heterocycles. The van der Waals surface area contributed by atoms with E-state index >= 15 is 0 Å². The van der Waals surface area contributed by atoms with Crippen LogP contribution in [0, 0.1) is 5.92 Å². The van der Waals surface area contributed by atoms with Crippen molar-refractivity contribution in [3.8, 4) is 22.8 Å². The van der Waals surface area contributed by atoms with Crippen LogP contribution in [0.4, 0.5) is 18.9 Å². The van der Waals surface area contributed by atoms with Gasteiger partial charge in [0.1, 0.15) is 0 Å². The molecule has 0 aliphatic heterocycles. The number of alkyl halides is 3. The van der Waals surface area contributed by atoms with Gasteiger partial charge in [-0.15, -0.1) is 0 Å². The average molecular weight is 375 g/mol. The van der Waals surface area contributed by atoms with E-state index < -0.39 is 12.1 Å². The smallest absolute Gasteiger partial charge is 0.373 e. The summed E-state index contributed by atoms with van der Waals surface area (Å²) in [5, 5.41) is 3.40. The molecule has 9 heteroatoms. The van der Waals surface area contributed by atoms with Crippen LogP contribution in [-0.4, -0.2) is 33.7 Å². The number of pyridine rings is 2. The molecule has 0 amide bonds. The van der Waals surface area contributed by atoms with Crippen LogP contribution in [0.3, 0.4) is 0 Å². The fourth-order valence-corrected chi connectivity index (χ4v) is 2.72. The largest absolute Gasteiger partial charge is 0.471 e. The molecule has 0 unspecified atom stereocenters. The lowest BCUT2D eigenvalue weighted by molar-refractivity contribution is -0.159. The van der Waals surface area contributed by atoms with E-state index in [2.05, 4.69) is 29.5 Å². The highest BCUT2D eigenvalue weighted by Gasteiger charge is 2.38. The molecule has 0 bridgehead atoms. The molecule has 27 heavy (non-hydrogen) atoms. The number of hydrogen-bond donors (Lipinski definition) is 0. The van der Waals surface area contributed by atoms with Gasteiger partial charge in [-0.25, -0.2) is 0 Å². The van der Waals surface area contributed by atoms with Gasteiger partial charge in [-0.2, -0.15) is 18.2 Å². The van der Waals surface area contributed by atoms with E-state index in [0.29, 0.717) is 17.0 Å². The highest BCUT2D eigenvalue weighted by atomic mass is 19.4. The lowest BCUT2D eigenvalue weighted by atomic mass is 10.1. The van der Waals surface area contributed by atoms with Crippen LogP contribution in [0.15, 0.2) is 41.2 Å². The quantitative estimate of drug-likeness (QED) is 0.670. The van der Waals surface area contributed by atoms with Crippen molar-refractivity contribution in [3.63, 3.8) is 0 Å². The number of aromatic nitrogens is 4. The highest BCUT2D eigenvalue weighted by Crippen LogP contribution is 2.32. The first-order chi connectivity index (χ1) is 12.9. The van der Waals surface area contributed by atoms with Crippen LogP contribution < -0.4 is 4.90 Å². The molecule has 0 saturated heterocycles. The maximum absolute atomic E-state index is 12.6. The van der Waals surface area contributed by atoms with Crippen molar-refractivity contribution >= 4 is 5.69 Å². The van der Waals surface area contributed by atoms with Crippen molar-refractivity contribution < 1.29 is 17.7 Å². The van der Waals surface area contributed by atoms with Gasteiger partial charge >= 0.3 is 12.1 Å². The van der Waals surface area contributed by atoms with Gasteiger partial charge in [0.15, 0.2) is 0 Å². The summed E-state index contributed by atoms with van der Waals surface area (Å²) in [6.07, 6.45) is 1.12.